The van der Waals surface area contributed by atoms with Crippen molar-refractivity contribution in [3.8, 4) is 0 Å². The van der Waals surface area contributed by atoms with Gasteiger partial charge in [0.05, 0.1) is 26.4 Å². The second-order valence-corrected chi connectivity index (χ2v) is 9.02. The van der Waals surface area contributed by atoms with Gasteiger partial charge in [0, 0.05) is 0 Å². The molecule has 0 aromatic rings. The van der Waals surface area contributed by atoms with Crippen LogP contribution in [0.4, 0.5) is 0 Å². The Morgan fingerprint density at radius 2 is 0.735 bits per heavy atom. The highest BCUT2D eigenvalue weighted by Crippen LogP contribution is 2.13. The monoisotopic (exact) mass is 472 g/mol. The van der Waals surface area contributed by atoms with E-state index in [0.717, 1.165) is 51.4 Å². The fraction of sp³-hybridized carbons (Fsp3) is 0.533. The average Bonchev–Trinajstić information content (AvgIpc) is 2.82. The summed E-state index contributed by atoms with van der Waals surface area (Å²) in [5.41, 5.74) is 6.77. The Hall–Kier alpha value is -1.98. The minimum absolute atomic E-state index is 0.0691. The lowest BCUT2D eigenvalue weighted by Crippen LogP contribution is -1.95. The lowest BCUT2D eigenvalue weighted by Gasteiger charge is -2.02. The number of allylic oxidation sites excluding steroid dienone is 12. The van der Waals surface area contributed by atoms with Crippen LogP contribution in [0.5, 0.6) is 0 Å². The molecule has 192 valence electrons. The first kappa shape index (κ1) is 32.0. The van der Waals surface area contributed by atoms with Crippen LogP contribution in [0, 0.1) is 0 Å². The fourth-order valence-electron chi connectivity index (χ4n) is 3.27. The molecular weight excluding hydrogens is 424 g/mol. The summed E-state index contributed by atoms with van der Waals surface area (Å²) in [6, 6.07) is 0. The summed E-state index contributed by atoms with van der Waals surface area (Å²) in [4.78, 5) is 0. The highest BCUT2D eigenvalue weighted by molar-refractivity contribution is 5.19. The third-order valence-electron chi connectivity index (χ3n) is 5.69. The van der Waals surface area contributed by atoms with Crippen LogP contribution in [0.1, 0.15) is 79.1 Å². The van der Waals surface area contributed by atoms with Crippen LogP contribution >= 0.6 is 0 Å². The van der Waals surface area contributed by atoms with Gasteiger partial charge in [-0.3, -0.25) is 0 Å². The first-order valence-corrected chi connectivity index (χ1v) is 12.5. The molecule has 0 heterocycles. The van der Waals surface area contributed by atoms with E-state index < -0.39 is 0 Å². The number of aliphatic hydroxyl groups is 4. The summed E-state index contributed by atoms with van der Waals surface area (Å²) in [5.74, 6) is 0. The molecule has 0 aromatic carbocycles. The van der Waals surface area contributed by atoms with Crippen molar-refractivity contribution in [3.63, 3.8) is 0 Å². The first-order valence-electron chi connectivity index (χ1n) is 12.5. The molecule has 4 N–H and O–H groups in total. The van der Waals surface area contributed by atoms with Crippen molar-refractivity contribution in [2.24, 2.45) is 0 Å². The van der Waals surface area contributed by atoms with Gasteiger partial charge in [-0.1, -0.05) is 70.9 Å². The normalized spacial score (nSPS) is 13.5. The van der Waals surface area contributed by atoms with Crippen molar-refractivity contribution in [3.05, 3.63) is 82.0 Å². The van der Waals surface area contributed by atoms with Gasteiger partial charge in [0.1, 0.15) is 0 Å². The van der Waals surface area contributed by atoms with Crippen molar-refractivity contribution in [1.29, 1.82) is 0 Å². The first-order chi connectivity index (χ1) is 16.4. The molecule has 0 amide bonds. The van der Waals surface area contributed by atoms with E-state index in [-0.39, 0.29) is 26.4 Å². The fourth-order valence-corrected chi connectivity index (χ4v) is 3.27. The van der Waals surface area contributed by atoms with Crippen LogP contribution in [0.25, 0.3) is 0 Å². The predicted octanol–water partition coefficient (Wildman–Crippen LogP) is 6.27. The summed E-state index contributed by atoms with van der Waals surface area (Å²) >= 11 is 0. The van der Waals surface area contributed by atoms with Crippen LogP contribution in [0.3, 0.4) is 0 Å². The van der Waals surface area contributed by atoms with Crippen LogP contribution in [0.2, 0.25) is 0 Å². The van der Waals surface area contributed by atoms with Gasteiger partial charge in [0.25, 0.3) is 0 Å². The van der Waals surface area contributed by atoms with Gasteiger partial charge in [-0.2, -0.15) is 0 Å². The lowest BCUT2D eigenvalue weighted by molar-refractivity contribution is 0.275. The molecule has 0 unspecified atom stereocenters. The molecule has 0 aliphatic rings. The van der Waals surface area contributed by atoms with E-state index in [0.29, 0.717) is 11.1 Å². The molecule has 0 fully saturated rings. The van der Waals surface area contributed by atoms with Crippen LogP contribution in [-0.4, -0.2) is 46.9 Å². The molecular formula is C30H48O4. The summed E-state index contributed by atoms with van der Waals surface area (Å²) in [5, 5.41) is 36.2. The van der Waals surface area contributed by atoms with Gasteiger partial charge in [-0.05, 0) is 90.2 Å². The van der Waals surface area contributed by atoms with E-state index in [4.69, 9.17) is 20.4 Å². The molecule has 34 heavy (non-hydrogen) atoms. The zero-order chi connectivity index (χ0) is 25.6. The van der Waals surface area contributed by atoms with Crippen molar-refractivity contribution >= 4 is 0 Å². The Bertz CT molecular complexity index is 685. The summed E-state index contributed by atoms with van der Waals surface area (Å²) < 4.78 is 0. The van der Waals surface area contributed by atoms with Gasteiger partial charge >= 0.3 is 0 Å². The molecule has 0 bridgehead atoms. The Morgan fingerprint density at radius 1 is 0.441 bits per heavy atom. The van der Waals surface area contributed by atoms with E-state index in [2.05, 4.69) is 64.2 Å². The number of hydrogen-bond acceptors (Lipinski definition) is 4. The van der Waals surface area contributed by atoms with Gasteiger partial charge in [-0.15, -0.1) is 0 Å². The van der Waals surface area contributed by atoms with Gasteiger partial charge in [0.15, 0.2) is 0 Å². The molecule has 0 radical (unpaired) electrons. The van der Waals surface area contributed by atoms with E-state index in [9.17, 15) is 0 Å². The molecule has 4 heteroatoms. The van der Waals surface area contributed by atoms with E-state index in [1.54, 1.807) is 0 Å². The van der Waals surface area contributed by atoms with Gasteiger partial charge in [0.2, 0.25) is 0 Å². The molecule has 0 rings (SSSR count). The number of aliphatic hydroxyl groups excluding tert-OH is 4. The minimum Gasteiger partial charge on any atom is -0.392 e. The topological polar surface area (TPSA) is 80.9 Å². The van der Waals surface area contributed by atoms with Crippen LogP contribution < -0.4 is 0 Å². The van der Waals surface area contributed by atoms with Gasteiger partial charge < -0.3 is 20.4 Å². The quantitative estimate of drug-likeness (QED) is 0.140. The zero-order valence-corrected chi connectivity index (χ0v) is 21.9. The predicted molar refractivity (Wildman–Crippen MR) is 146 cm³/mol. The zero-order valence-electron chi connectivity index (χ0n) is 21.9. The molecule has 0 spiro atoms. The number of hydrogen-bond donors (Lipinski definition) is 4. The van der Waals surface area contributed by atoms with Crippen molar-refractivity contribution < 1.29 is 20.4 Å². The highest BCUT2D eigenvalue weighted by Gasteiger charge is 1.95. The molecule has 4 nitrogen and oxygen atoms in total. The number of rotatable bonds is 18. The maximum Gasteiger partial charge on any atom is 0.0663 e. The molecule has 0 atom stereocenters. The molecule has 0 saturated heterocycles. The highest BCUT2D eigenvalue weighted by atomic mass is 16.3. The Morgan fingerprint density at radius 3 is 1.06 bits per heavy atom. The van der Waals surface area contributed by atoms with Crippen molar-refractivity contribution in [1.82, 2.24) is 0 Å². The largest absolute Gasteiger partial charge is 0.392 e. The molecule has 0 aliphatic heterocycles. The third-order valence-corrected chi connectivity index (χ3v) is 5.69. The van der Waals surface area contributed by atoms with Crippen molar-refractivity contribution in [2.75, 3.05) is 26.4 Å². The molecule has 0 aliphatic carbocycles. The van der Waals surface area contributed by atoms with E-state index in [1.807, 2.05) is 12.2 Å². The second-order valence-electron chi connectivity index (χ2n) is 9.02. The van der Waals surface area contributed by atoms with E-state index in [1.165, 1.54) is 22.3 Å². The Labute approximate surface area is 208 Å². The molecule has 0 saturated carbocycles. The Kier molecular flexibility index (Phi) is 20.3. The minimum atomic E-state index is -0.0691. The Balaban J connectivity index is 4.28. The van der Waals surface area contributed by atoms with Gasteiger partial charge in [-0.25, -0.2) is 0 Å². The third kappa shape index (κ3) is 18.4. The molecule has 0 aromatic heterocycles. The van der Waals surface area contributed by atoms with E-state index >= 15 is 0 Å². The van der Waals surface area contributed by atoms with Crippen molar-refractivity contribution in [2.45, 2.75) is 79.1 Å². The SMILES string of the molecule is C/C(=C\CC/C(C)=C/C=C/C=C(\C)CC/C=C(\C)CCC=C(CO)CO)CCC=C(CO)CO. The van der Waals surface area contributed by atoms with Crippen LogP contribution in [0.15, 0.2) is 82.0 Å². The standard InChI is InChI=1S/C30H48O4/c1-25(13-7-15-27(3)17-9-19-29(21-31)22-32)11-5-6-12-26(2)14-8-16-28(4)18-10-20-30(23-33)24-34/h5-6,11-12,15-16,19-20,31-34H,7-10,13-14,17-18,21-24H2,1-4H3/b6-5+,25-11+,26-12+,27-15+,28-16+. The average molecular weight is 473 g/mol. The summed E-state index contributed by atoms with van der Waals surface area (Å²) in [6.45, 7) is 8.32. The second kappa shape index (κ2) is 21.5. The maximum absolute atomic E-state index is 9.05. The summed E-state index contributed by atoms with van der Waals surface area (Å²) in [7, 11) is 0. The maximum atomic E-state index is 9.05. The lowest BCUT2D eigenvalue weighted by atomic mass is 10.1. The summed E-state index contributed by atoms with van der Waals surface area (Å²) in [6.07, 6.45) is 24.7. The van der Waals surface area contributed by atoms with Crippen LogP contribution in [-0.2, 0) is 0 Å². The smallest absolute Gasteiger partial charge is 0.0663 e.